The Hall–Kier alpha value is -4.20. The van der Waals surface area contributed by atoms with Crippen LogP contribution < -0.4 is 25.3 Å². The van der Waals surface area contributed by atoms with Crippen LogP contribution in [0.1, 0.15) is 5.56 Å². The van der Waals surface area contributed by atoms with E-state index in [4.69, 9.17) is 24.4 Å². The minimum Gasteiger partial charge on any atom is -0.493 e. The number of primary amides is 1. The molecule has 164 valence electrons. The van der Waals surface area contributed by atoms with E-state index in [1.54, 1.807) is 33.5 Å². The van der Waals surface area contributed by atoms with Gasteiger partial charge < -0.3 is 29.7 Å². The third-order valence-corrected chi connectivity index (χ3v) is 4.97. The predicted octanol–water partition coefficient (Wildman–Crippen LogP) is 4.29. The van der Waals surface area contributed by atoms with Gasteiger partial charge in [0.1, 0.15) is 5.52 Å². The Bertz CT molecular complexity index is 1240. The Labute approximate surface area is 184 Å². The molecule has 0 aliphatic rings. The quantitative estimate of drug-likeness (QED) is 0.427. The normalized spacial score (nSPS) is 10.7. The van der Waals surface area contributed by atoms with Crippen molar-refractivity contribution in [2.75, 3.05) is 26.6 Å². The van der Waals surface area contributed by atoms with Gasteiger partial charge in [-0.05, 0) is 17.2 Å². The molecule has 0 saturated heterocycles. The van der Waals surface area contributed by atoms with E-state index < -0.39 is 0 Å². The molecule has 1 amide bonds. The van der Waals surface area contributed by atoms with Crippen LogP contribution in [-0.4, -0.2) is 32.2 Å². The van der Waals surface area contributed by atoms with E-state index in [1.807, 2.05) is 42.5 Å². The van der Waals surface area contributed by atoms with Crippen LogP contribution in [0.5, 0.6) is 17.2 Å². The van der Waals surface area contributed by atoms with E-state index in [0.29, 0.717) is 40.1 Å². The molecule has 8 nitrogen and oxygen atoms in total. The van der Waals surface area contributed by atoms with Crippen molar-refractivity contribution < 1.29 is 23.4 Å². The molecule has 3 N–H and O–H groups in total. The second-order valence-electron chi connectivity index (χ2n) is 7.05. The fourth-order valence-electron chi connectivity index (χ4n) is 3.51. The summed E-state index contributed by atoms with van der Waals surface area (Å²) >= 11 is 0. The Morgan fingerprint density at radius 2 is 1.69 bits per heavy atom. The van der Waals surface area contributed by atoms with Crippen molar-refractivity contribution >= 4 is 28.7 Å². The van der Waals surface area contributed by atoms with Gasteiger partial charge in [0.05, 0.1) is 27.8 Å². The number of nitrogens with one attached hydrogen (secondary N) is 1. The maximum atomic E-state index is 11.1. The summed E-state index contributed by atoms with van der Waals surface area (Å²) in [5, 5.41) is 3.16. The lowest BCUT2D eigenvalue weighted by Crippen LogP contribution is -2.13. The number of ether oxygens (including phenoxy) is 3. The number of fused-ring (bicyclic) bond motifs is 1. The second kappa shape index (κ2) is 8.89. The third-order valence-electron chi connectivity index (χ3n) is 4.97. The Morgan fingerprint density at radius 1 is 1.00 bits per heavy atom. The lowest BCUT2D eigenvalue weighted by Gasteiger charge is -2.14. The molecule has 3 aromatic carbocycles. The Balaban J connectivity index is 1.67. The first kappa shape index (κ1) is 21.0. The van der Waals surface area contributed by atoms with Gasteiger partial charge in [-0.2, -0.15) is 4.98 Å². The minimum absolute atomic E-state index is 0.204. The van der Waals surface area contributed by atoms with Crippen LogP contribution in [-0.2, 0) is 11.2 Å². The van der Waals surface area contributed by atoms with Crippen LogP contribution >= 0.6 is 0 Å². The van der Waals surface area contributed by atoms with Crippen LogP contribution in [0.3, 0.4) is 0 Å². The van der Waals surface area contributed by atoms with Crippen molar-refractivity contribution in [1.29, 1.82) is 0 Å². The van der Waals surface area contributed by atoms with Crippen LogP contribution in [0, 0.1) is 0 Å². The highest BCUT2D eigenvalue weighted by atomic mass is 16.5. The smallest absolute Gasteiger partial charge is 0.300 e. The SMILES string of the molecule is COc1cc(Nc2nc3cccc(-c4ccc(CC(N)=O)cc4)c3o2)cc(OC)c1OC. The number of oxazole rings is 1. The van der Waals surface area contributed by atoms with Crippen LogP contribution in [0.2, 0.25) is 0 Å². The standard InChI is InChI=1S/C24H23N3O5/c1-29-19-12-16(13-20(30-2)23(19)31-3)26-24-27-18-6-4-5-17(22(18)32-24)15-9-7-14(8-10-15)11-21(25)28/h4-10,12-13H,11H2,1-3H3,(H2,25,28)(H,26,27). The highest BCUT2D eigenvalue weighted by Crippen LogP contribution is 2.41. The zero-order valence-electron chi connectivity index (χ0n) is 18.0. The van der Waals surface area contributed by atoms with Gasteiger partial charge in [0.2, 0.25) is 11.7 Å². The van der Waals surface area contributed by atoms with Crippen molar-refractivity contribution in [3.63, 3.8) is 0 Å². The fourth-order valence-corrected chi connectivity index (χ4v) is 3.51. The van der Waals surface area contributed by atoms with E-state index in [1.165, 1.54) is 0 Å². The van der Waals surface area contributed by atoms with Gasteiger partial charge in [-0.15, -0.1) is 0 Å². The molecular weight excluding hydrogens is 410 g/mol. The summed E-state index contributed by atoms with van der Waals surface area (Å²) in [7, 11) is 4.67. The summed E-state index contributed by atoms with van der Waals surface area (Å²) in [6, 6.07) is 17.2. The first-order valence-electron chi connectivity index (χ1n) is 9.86. The molecule has 0 saturated carbocycles. The molecule has 0 fully saturated rings. The number of nitrogens with two attached hydrogens (primary N) is 1. The van der Waals surface area contributed by atoms with E-state index >= 15 is 0 Å². The zero-order valence-corrected chi connectivity index (χ0v) is 18.0. The van der Waals surface area contributed by atoms with Crippen molar-refractivity contribution in [2.24, 2.45) is 5.73 Å². The lowest BCUT2D eigenvalue weighted by atomic mass is 10.0. The minimum atomic E-state index is -0.363. The summed E-state index contributed by atoms with van der Waals surface area (Å²) in [4.78, 5) is 15.7. The summed E-state index contributed by atoms with van der Waals surface area (Å²) in [5.74, 6) is 1.17. The summed E-state index contributed by atoms with van der Waals surface area (Å²) in [5.41, 5.74) is 9.98. The largest absolute Gasteiger partial charge is 0.493 e. The third kappa shape index (κ3) is 4.15. The second-order valence-corrected chi connectivity index (χ2v) is 7.05. The predicted molar refractivity (Wildman–Crippen MR) is 122 cm³/mol. The van der Waals surface area contributed by atoms with Crippen molar-refractivity contribution in [2.45, 2.75) is 6.42 Å². The van der Waals surface area contributed by atoms with Gasteiger partial charge in [-0.3, -0.25) is 4.79 Å². The van der Waals surface area contributed by atoms with Gasteiger partial charge >= 0.3 is 0 Å². The number of hydrogen-bond acceptors (Lipinski definition) is 7. The number of aromatic nitrogens is 1. The molecule has 0 aliphatic heterocycles. The van der Waals surface area contributed by atoms with Gasteiger partial charge in [0, 0.05) is 23.4 Å². The van der Waals surface area contributed by atoms with E-state index in [2.05, 4.69) is 10.3 Å². The first-order chi connectivity index (χ1) is 15.5. The maximum Gasteiger partial charge on any atom is 0.300 e. The molecule has 32 heavy (non-hydrogen) atoms. The molecule has 0 unspecified atom stereocenters. The molecule has 4 rings (SSSR count). The molecule has 1 heterocycles. The maximum absolute atomic E-state index is 11.1. The number of anilines is 2. The van der Waals surface area contributed by atoms with Crippen LogP contribution in [0.15, 0.2) is 59.0 Å². The molecule has 4 aromatic rings. The lowest BCUT2D eigenvalue weighted by molar-refractivity contribution is -0.117. The zero-order chi connectivity index (χ0) is 22.7. The van der Waals surface area contributed by atoms with Gasteiger partial charge in [0.15, 0.2) is 17.1 Å². The highest BCUT2D eigenvalue weighted by Gasteiger charge is 2.16. The van der Waals surface area contributed by atoms with Crippen molar-refractivity contribution in [3.05, 3.63) is 60.2 Å². The number of carbonyl (C=O) groups excluding carboxylic acids is 1. The number of benzene rings is 3. The molecule has 0 atom stereocenters. The number of nitrogens with zero attached hydrogens (tertiary/aromatic N) is 1. The highest BCUT2D eigenvalue weighted by molar-refractivity contribution is 5.91. The number of rotatable bonds is 8. The topological polar surface area (TPSA) is 109 Å². The number of carbonyl (C=O) groups is 1. The van der Waals surface area contributed by atoms with Gasteiger partial charge in [0.25, 0.3) is 6.01 Å². The monoisotopic (exact) mass is 433 g/mol. The molecule has 1 aromatic heterocycles. The van der Waals surface area contributed by atoms with E-state index in [9.17, 15) is 4.79 Å². The number of methoxy groups -OCH3 is 3. The van der Waals surface area contributed by atoms with E-state index in [-0.39, 0.29) is 12.3 Å². The number of para-hydroxylation sites is 1. The average molecular weight is 433 g/mol. The molecule has 0 bridgehead atoms. The van der Waals surface area contributed by atoms with E-state index in [0.717, 1.165) is 16.7 Å². The Kier molecular flexibility index (Phi) is 5.85. The average Bonchev–Trinajstić information content (AvgIpc) is 3.21. The van der Waals surface area contributed by atoms with Gasteiger partial charge in [-0.1, -0.05) is 36.4 Å². The molecule has 0 spiro atoms. The molecule has 0 aliphatic carbocycles. The van der Waals surface area contributed by atoms with Crippen LogP contribution in [0.25, 0.3) is 22.2 Å². The van der Waals surface area contributed by atoms with Gasteiger partial charge in [-0.25, -0.2) is 0 Å². The van der Waals surface area contributed by atoms with Crippen LogP contribution in [0.4, 0.5) is 11.7 Å². The number of amides is 1. The summed E-state index contributed by atoms with van der Waals surface area (Å²) < 4.78 is 22.2. The summed E-state index contributed by atoms with van der Waals surface area (Å²) in [6.07, 6.45) is 0.204. The molecule has 8 heteroatoms. The number of hydrogen-bond donors (Lipinski definition) is 2. The van der Waals surface area contributed by atoms with Crippen molar-refractivity contribution in [1.82, 2.24) is 4.98 Å². The first-order valence-corrected chi connectivity index (χ1v) is 9.86. The molecular formula is C24H23N3O5. The van der Waals surface area contributed by atoms with Crippen molar-refractivity contribution in [3.8, 4) is 28.4 Å². The Morgan fingerprint density at radius 3 is 2.28 bits per heavy atom. The molecule has 0 radical (unpaired) electrons. The summed E-state index contributed by atoms with van der Waals surface area (Å²) in [6.45, 7) is 0. The fraction of sp³-hybridized carbons (Fsp3) is 0.167.